The monoisotopic (exact) mass is 310 g/mol. The third-order valence-corrected chi connectivity index (χ3v) is 4.10. The van der Waals surface area contributed by atoms with Crippen LogP contribution in [0, 0.1) is 11.8 Å². The molecule has 1 aromatic rings. The van der Waals surface area contributed by atoms with Crippen molar-refractivity contribution in [2.45, 2.75) is 24.2 Å². The summed E-state index contributed by atoms with van der Waals surface area (Å²) in [6.07, 6.45) is 1.34. The lowest BCUT2D eigenvalue weighted by molar-refractivity contribution is -0.118. The molecule has 0 radical (unpaired) electrons. The predicted octanol–water partition coefficient (Wildman–Crippen LogP) is -0.0357. The highest BCUT2D eigenvalue weighted by Crippen LogP contribution is 2.10. The van der Waals surface area contributed by atoms with E-state index in [1.165, 1.54) is 12.1 Å². The van der Waals surface area contributed by atoms with Crippen LogP contribution in [0.4, 0.5) is 0 Å². The van der Waals surface area contributed by atoms with Crippen molar-refractivity contribution in [3.05, 3.63) is 29.8 Å². The molecule has 0 aliphatic carbocycles. The van der Waals surface area contributed by atoms with Crippen LogP contribution in [0.5, 0.6) is 0 Å². The van der Waals surface area contributed by atoms with Gasteiger partial charge in [0.05, 0.1) is 4.90 Å². The number of carbonyl (C=O) groups is 1. The molecule has 0 saturated heterocycles. The number of benzene rings is 1. The first-order valence-electron chi connectivity index (χ1n) is 6.43. The van der Waals surface area contributed by atoms with Crippen LogP contribution < -0.4 is 10.5 Å². The molecule has 4 N–H and O–H groups in total. The lowest BCUT2D eigenvalue weighted by atomic mass is 10.2. The van der Waals surface area contributed by atoms with Gasteiger partial charge in [-0.25, -0.2) is 13.1 Å². The van der Waals surface area contributed by atoms with Gasteiger partial charge in [0.1, 0.15) is 6.61 Å². The molecule has 0 atom stereocenters. The summed E-state index contributed by atoms with van der Waals surface area (Å²) in [5.74, 6) is 4.78. The summed E-state index contributed by atoms with van der Waals surface area (Å²) >= 11 is 0. The van der Waals surface area contributed by atoms with Crippen LogP contribution in [0.15, 0.2) is 29.2 Å². The number of amides is 1. The van der Waals surface area contributed by atoms with Gasteiger partial charge in [-0.05, 0) is 37.1 Å². The minimum atomic E-state index is -3.56. The van der Waals surface area contributed by atoms with Crippen LogP contribution in [0.1, 0.15) is 24.8 Å². The molecule has 0 aliphatic heterocycles. The van der Waals surface area contributed by atoms with Crippen molar-refractivity contribution >= 4 is 15.9 Å². The Labute approximate surface area is 124 Å². The van der Waals surface area contributed by atoms with Crippen molar-refractivity contribution in [1.82, 2.24) is 4.72 Å². The van der Waals surface area contributed by atoms with Crippen molar-refractivity contribution in [3.63, 3.8) is 0 Å². The number of sulfonamides is 1. The van der Waals surface area contributed by atoms with E-state index in [9.17, 15) is 13.2 Å². The second-order valence-electron chi connectivity index (χ2n) is 4.31. The molecule has 0 bridgehead atoms. The number of hydrogen-bond donors (Lipinski definition) is 3. The van der Waals surface area contributed by atoms with Gasteiger partial charge in [0.15, 0.2) is 0 Å². The van der Waals surface area contributed by atoms with Crippen LogP contribution in [0.3, 0.4) is 0 Å². The second kappa shape index (κ2) is 8.42. The van der Waals surface area contributed by atoms with Gasteiger partial charge in [0.25, 0.3) is 0 Å². The normalized spacial score (nSPS) is 10.7. The molecule has 0 heterocycles. The molecule has 0 aliphatic rings. The van der Waals surface area contributed by atoms with Crippen LogP contribution in [0.2, 0.25) is 0 Å². The Hall–Kier alpha value is -1.88. The summed E-state index contributed by atoms with van der Waals surface area (Å²) in [7, 11) is -3.56. The molecule has 114 valence electrons. The van der Waals surface area contributed by atoms with Gasteiger partial charge in [0, 0.05) is 18.5 Å². The molecule has 1 aromatic carbocycles. The molecular weight excluding hydrogens is 292 g/mol. The molecule has 1 amide bonds. The SMILES string of the molecule is NC(=O)CCCCNS(=O)(=O)c1ccc(C#CCO)cc1. The fraction of sp³-hybridized carbons (Fsp3) is 0.357. The van der Waals surface area contributed by atoms with E-state index in [0.29, 0.717) is 18.4 Å². The van der Waals surface area contributed by atoms with Crippen LogP contribution in [-0.4, -0.2) is 32.6 Å². The van der Waals surface area contributed by atoms with E-state index in [1.54, 1.807) is 12.1 Å². The standard InChI is InChI=1S/C14H18N2O4S/c15-14(18)5-1-2-10-16-21(19,20)13-8-6-12(7-9-13)4-3-11-17/h6-9,16-17H,1-2,5,10-11H2,(H2,15,18). The van der Waals surface area contributed by atoms with E-state index >= 15 is 0 Å². The average molecular weight is 310 g/mol. The predicted molar refractivity (Wildman–Crippen MR) is 78.6 cm³/mol. The molecule has 0 aromatic heterocycles. The first-order valence-corrected chi connectivity index (χ1v) is 7.92. The highest BCUT2D eigenvalue weighted by molar-refractivity contribution is 7.89. The molecule has 7 heteroatoms. The van der Waals surface area contributed by atoms with E-state index < -0.39 is 15.9 Å². The maximum atomic E-state index is 12.0. The maximum absolute atomic E-state index is 12.0. The lowest BCUT2D eigenvalue weighted by Gasteiger charge is -2.06. The Bertz CT molecular complexity index is 627. The first-order chi connectivity index (χ1) is 9.95. The number of aliphatic hydroxyl groups is 1. The van der Waals surface area contributed by atoms with E-state index in [-0.39, 0.29) is 24.5 Å². The summed E-state index contributed by atoms with van der Waals surface area (Å²) in [6.45, 7) is 0.00852. The van der Waals surface area contributed by atoms with E-state index in [0.717, 1.165) is 0 Å². The second-order valence-corrected chi connectivity index (χ2v) is 6.07. The summed E-state index contributed by atoms with van der Waals surface area (Å²) in [6, 6.07) is 6.05. The van der Waals surface area contributed by atoms with E-state index in [1.807, 2.05) is 0 Å². The number of aliphatic hydroxyl groups excluding tert-OH is 1. The Morgan fingerprint density at radius 3 is 2.48 bits per heavy atom. The van der Waals surface area contributed by atoms with Gasteiger partial charge in [-0.1, -0.05) is 11.8 Å². The van der Waals surface area contributed by atoms with Crippen molar-refractivity contribution in [3.8, 4) is 11.8 Å². The molecule has 0 fully saturated rings. The smallest absolute Gasteiger partial charge is 0.240 e. The van der Waals surface area contributed by atoms with Crippen LogP contribution >= 0.6 is 0 Å². The van der Waals surface area contributed by atoms with Crippen molar-refractivity contribution in [2.24, 2.45) is 5.73 Å². The van der Waals surface area contributed by atoms with Gasteiger partial charge in [-0.2, -0.15) is 0 Å². The Morgan fingerprint density at radius 2 is 1.90 bits per heavy atom. The zero-order valence-corrected chi connectivity index (χ0v) is 12.3. The van der Waals surface area contributed by atoms with Crippen molar-refractivity contribution in [2.75, 3.05) is 13.2 Å². The molecule has 1 rings (SSSR count). The lowest BCUT2D eigenvalue weighted by Crippen LogP contribution is -2.25. The average Bonchev–Trinajstić information content (AvgIpc) is 2.44. The quantitative estimate of drug-likeness (QED) is 0.485. The molecular formula is C14H18N2O4S. The summed E-state index contributed by atoms with van der Waals surface area (Å²) in [5.41, 5.74) is 5.63. The summed E-state index contributed by atoms with van der Waals surface area (Å²) in [4.78, 5) is 10.7. The highest BCUT2D eigenvalue weighted by atomic mass is 32.2. The number of primary amides is 1. The summed E-state index contributed by atoms with van der Waals surface area (Å²) < 4.78 is 26.4. The fourth-order valence-electron chi connectivity index (χ4n) is 1.57. The molecule has 0 saturated carbocycles. The third-order valence-electron chi connectivity index (χ3n) is 2.62. The summed E-state index contributed by atoms with van der Waals surface area (Å²) in [5, 5.41) is 8.58. The topological polar surface area (TPSA) is 109 Å². The van der Waals surface area contributed by atoms with Crippen LogP contribution in [-0.2, 0) is 14.8 Å². The molecule has 0 spiro atoms. The Morgan fingerprint density at radius 1 is 1.24 bits per heavy atom. The molecule has 0 unspecified atom stereocenters. The van der Waals surface area contributed by atoms with Gasteiger partial charge in [-0.15, -0.1) is 0 Å². The number of carbonyl (C=O) groups excluding carboxylic acids is 1. The van der Waals surface area contributed by atoms with Gasteiger partial charge in [0.2, 0.25) is 15.9 Å². The molecule has 21 heavy (non-hydrogen) atoms. The zero-order chi connectivity index (χ0) is 15.7. The van der Waals surface area contributed by atoms with Crippen molar-refractivity contribution < 1.29 is 18.3 Å². The minimum absolute atomic E-state index is 0.145. The Kier molecular flexibility index (Phi) is 6.88. The van der Waals surface area contributed by atoms with E-state index in [4.69, 9.17) is 10.8 Å². The van der Waals surface area contributed by atoms with Crippen LogP contribution in [0.25, 0.3) is 0 Å². The number of rotatable bonds is 7. The maximum Gasteiger partial charge on any atom is 0.240 e. The van der Waals surface area contributed by atoms with Crippen molar-refractivity contribution in [1.29, 1.82) is 0 Å². The van der Waals surface area contributed by atoms with E-state index in [2.05, 4.69) is 16.6 Å². The largest absolute Gasteiger partial charge is 0.384 e. The van der Waals surface area contributed by atoms with Gasteiger partial charge in [-0.3, -0.25) is 4.79 Å². The van der Waals surface area contributed by atoms with Gasteiger partial charge >= 0.3 is 0 Å². The number of hydrogen-bond acceptors (Lipinski definition) is 4. The minimum Gasteiger partial charge on any atom is -0.384 e. The third kappa shape index (κ3) is 6.40. The van der Waals surface area contributed by atoms with Gasteiger partial charge < -0.3 is 10.8 Å². The highest BCUT2D eigenvalue weighted by Gasteiger charge is 2.12. The zero-order valence-electron chi connectivity index (χ0n) is 11.5. The number of nitrogens with one attached hydrogen (secondary N) is 1. The first kappa shape index (κ1) is 17.2. The number of unbranched alkanes of at least 4 members (excludes halogenated alkanes) is 1. The Balaban J connectivity index is 2.56. The number of nitrogens with two attached hydrogens (primary N) is 1. The molecule has 6 nitrogen and oxygen atoms in total. The fourth-order valence-corrected chi connectivity index (χ4v) is 2.65.